The second-order valence-corrected chi connectivity index (χ2v) is 17.0. The van der Waals surface area contributed by atoms with Crippen LogP contribution in [-0.4, -0.2) is 67.4 Å². The van der Waals surface area contributed by atoms with E-state index in [0.717, 1.165) is 83.0 Å². The number of ether oxygens (including phenoxy) is 1. The predicted octanol–water partition coefficient (Wildman–Crippen LogP) is 8.22. The van der Waals surface area contributed by atoms with Gasteiger partial charge in [-0.25, -0.2) is 14.8 Å². The van der Waals surface area contributed by atoms with Crippen molar-refractivity contribution in [3.8, 4) is 33.6 Å². The van der Waals surface area contributed by atoms with Crippen molar-refractivity contribution in [2.75, 3.05) is 13.7 Å². The Labute approximate surface area is 340 Å². The number of likely N-dealkylation sites (tertiary alicyclic amines) is 1. The molecule has 0 radical (unpaired) electrons. The highest BCUT2D eigenvalue weighted by Crippen LogP contribution is 2.56. The molecule has 302 valence electrons. The molecule has 3 aromatic heterocycles. The van der Waals surface area contributed by atoms with Gasteiger partial charge in [0.25, 0.3) is 0 Å². The van der Waals surface area contributed by atoms with E-state index in [2.05, 4.69) is 88.0 Å². The fraction of sp³-hybridized carbons (Fsp3) is 0.435. The smallest absolute Gasteiger partial charge is 0.407 e. The van der Waals surface area contributed by atoms with Crippen LogP contribution in [0, 0.1) is 29.6 Å². The van der Waals surface area contributed by atoms with E-state index >= 15 is 0 Å². The van der Waals surface area contributed by atoms with E-state index < -0.39 is 12.1 Å². The number of hydrogen-bond donors (Lipinski definition) is 4. The van der Waals surface area contributed by atoms with Gasteiger partial charge in [-0.2, -0.15) is 0 Å². The lowest BCUT2D eigenvalue weighted by Gasteiger charge is -2.31. The Morgan fingerprint density at radius 3 is 1.98 bits per heavy atom. The summed E-state index contributed by atoms with van der Waals surface area (Å²) < 4.78 is 4.77. The average Bonchev–Trinajstić information content (AvgIpc) is 4.10. The van der Waals surface area contributed by atoms with Crippen LogP contribution in [0.4, 0.5) is 4.79 Å². The molecule has 4 N–H and O–H groups in total. The fourth-order valence-electron chi connectivity index (χ4n) is 9.69. The molecule has 2 saturated carbocycles. The molecule has 5 aromatic rings. The minimum atomic E-state index is -0.678. The third kappa shape index (κ3) is 7.76. The van der Waals surface area contributed by atoms with Crippen molar-refractivity contribution in [2.24, 2.45) is 29.6 Å². The van der Waals surface area contributed by atoms with Crippen LogP contribution in [0.3, 0.4) is 0 Å². The van der Waals surface area contributed by atoms with Crippen molar-refractivity contribution in [3.63, 3.8) is 0 Å². The number of H-pyrrole nitrogens is 2. The number of nitrogens with zero attached hydrogens (tertiary/aromatic N) is 4. The maximum absolute atomic E-state index is 14.0. The molecule has 2 bridgehead atoms. The second kappa shape index (κ2) is 16.6. The molecule has 1 aliphatic heterocycles. The minimum Gasteiger partial charge on any atom is -0.453 e. The molecular weight excluding hydrogens is 729 g/mol. The molecule has 2 aromatic carbocycles. The summed E-state index contributed by atoms with van der Waals surface area (Å²) in [6.07, 6.45) is 11.7. The number of imidazole rings is 2. The minimum absolute atomic E-state index is 0.0742. The molecule has 8 rings (SSSR count). The van der Waals surface area contributed by atoms with Crippen LogP contribution in [0.5, 0.6) is 0 Å². The molecule has 12 heteroatoms. The first-order valence-electron chi connectivity index (χ1n) is 20.8. The maximum Gasteiger partial charge on any atom is 0.407 e. The molecule has 3 amide bonds. The summed E-state index contributed by atoms with van der Waals surface area (Å²) in [5.41, 5.74) is 7.09. The van der Waals surface area contributed by atoms with Gasteiger partial charge in [0.15, 0.2) is 0 Å². The number of carbonyl (C=O) groups is 3. The topological polar surface area (TPSA) is 158 Å². The Bertz CT molecular complexity index is 2210. The molecule has 58 heavy (non-hydrogen) atoms. The van der Waals surface area contributed by atoms with E-state index in [9.17, 15) is 14.4 Å². The molecule has 3 unspecified atom stereocenters. The van der Waals surface area contributed by atoms with Crippen LogP contribution in [-0.2, 0) is 14.3 Å². The lowest BCUT2D eigenvalue weighted by atomic mass is 9.78. The number of alkyl carbamates (subject to hydrolysis) is 1. The Morgan fingerprint density at radius 2 is 1.38 bits per heavy atom. The summed E-state index contributed by atoms with van der Waals surface area (Å²) in [6.45, 7) is 8.71. The number of benzene rings is 2. The van der Waals surface area contributed by atoms with Gasteiger partial charge in [-0.3, -0.25) is 14.6 Å². The van der Waals surface area contributed by atoms with Crippen LogP contribution in [0.15, 0.2) is 85.5 Å². The molecule has 3 fully saturated rings. The number of hydrogen-bond acceptors (Lipinski definition) is 7. The van der Waals surface area contributed by atoms with E-state index in [1.165, 1.54) is 7.11 Å². The van der Waals surface area contributed by atoms with Crippen LogP contribution >= 0.6 is 0 Å². The molecule has 4 heterocycles. The Hall–Kier alpha value is -5.78. The molecule has 1 saturated heterocycles. The number of aromatic amines is 2. The third-order valence-electron chi connectivity index (χ3n) is 12.7. The molecule has 3 aliphatic rings. The van der Waals surface area contributed by atoms with Gasteiger partial charge in [0.1, 0.15) is 17.7 Å². The summed E-state index contributed by atoms with van der Waals surface area (Å²) in [6, 6.07) is 19.9. The van der Waals surface area contributed by atoms with Crippen molar-refractivity contribution in [2.45, 2.75) is 83.8 Å². The van der Waals surface area contributed by atoms with Gasteiger partial charge in [-0.1, -0.05) is 82.3 Å². The van der Waals surface area contributed by atoms with E-state index in [-0.39, 0.29) is 47.6 Å². The quantitative estimate of drug-likeness (QED) is 0.0993. The SMILES string of the molecule is COC(=O)N[C@H](C(=O)N1CCC[C@H]1c1ncc(-c2ccc(-c3ccc(-c4cnc([C@H]5C6CCC(C6)[C@@H]5C(=O)NC(c5cccnc5)C(C)C)[nH]4)cc3)cc2)[nH]1)C(C)C. The monoisotopic (exact) mass is 782 g/mol. The number of carbonyl (C=O) groups excluding carboxylic acids is 3. The normalized spacial score (nSPS) is 22.3. The molecular formula is C46H54N8O4. The zero-order valence-electron chi connectivity index (χ0n) is 33.9. The third-order valence-corrected chi connectivity index (χ3v) is 12.7. The first-order valence-corrected chi connectivity index (χ1v) is 20.8. The van der Waals surface area contributed by atoms with Gasteiger partial charge in [0.2, 0.25) is 11.8 Å². The van der Waals surface area contributed by atoms with E-state index in [0.29, 0.717) is 18.4 Å². The van der Waals surface area contributed by atoms with Crippen molar-refractivity contribution < 1.29 is 19.1 Å². The van der Waals surface area contributed by atoms with Gasteiger partial charge >= 0.3 is 6.09 Å². The predicted molar refractivity (Wildman–Crippen MR) is 222 cm³/mol. The summed E-state index contributed by atoms with van der Waals surface area (Å²) in [5, 5.41) is 6.12. The largest absolute Gasteiger partial charge is 0.453 e. The van der Waals surface area contributed by atoms with Gasteiger partial charge in [-0.15, -0.1) is 0 Å². The summed E-state index contributed by atoms with van der Waals surface area (Å²) in [5.74, 6) is 2.59. The number of nitrogens with one attached hydrogen (secondary N) is 4. The standard InChI is InChI=1S/C46H54N8O4/c1-26(2)40(34-8-6-20-47-23-34)52-44(55)39-33-19-18-32(22-33)38(39)43-49-25-36(51-43)31-16-12-29(13-17-31)28-10-14-30(15-11-28)35-24-48-42(50-35)37-9-7-21-54(37)45(56)41(27(3)4)53-46(57)58-5/h6,8,10-17,20,23-27,32-33,37-41H,7,9,18-19,21-22H2,1-5H3,(H,48,50)(H,49,51)(H,52,55)(H,53,57)/t32?,33?,37-,38-,39-,40?,41-/m0/s1. The van der Waals surface area contributed by atoms with Crippen LogP contribution in [0.1, 0.15) is 95.0 Å². The first kappa shape index (κ1) is 39.1. The zero-order valence-corrected chi connectivity index (χ0v) is 33.9. The van der Waals surface area contributed by atoms with E-state index in [1.54, 1.807) is 6.20 Å². The highest BCUT2D eigenvalue weighted by Gasteiger charge is 2.52. The van der Waals surface area contributed by atoms with Crippen LogP contribution in [0.2, 0.25) is 0 Å². The van der Waals surface area contributed by atoms with E-state index in [4.69, 9.17) is 14.7 Å². The Morgan fingerprint density at radius 1 is 0.759 bits per heavy atom. The van der Waals surface area contributed by atoms with E-state index in [1.807, 2.05) is 49.5 Å². The average molecular weight is 783 g/mol. The van der Waals surface area contributed by atoms with Crippen molar-refractivity contribution in [1.29, 1.82) is 0 Å². The van der Waals surface area contributed by atoms with Gasteiger partial charge in [0, 0.05) is 24.9 Å². The molecule has 12 nitrogen and oxygen atoms in total. The number of methoxy groups -OCH3 is 1. The summed E-state index contributed by atoms with van der Waals surface area (Å²) in [7, 11) is 1.30. The van der Waals surface area contributed by atoms with Gasteiger partial charge in [0.05, 0.1) is 48.9 Å². The van der Waals surface area contributed by atoms with Crippen LogP contribution < -0.4 is 10.6 Å². The number of aromatic nitrogens is 5. The fourth-order valence-corrected chi connectivity index (χ4v) is 9.69. The van der Waals surface area contributed by atoms with Gasteiger partial charge < -0.3 is 30.2 Å². The molecule has 0 spiro atoms. The lowest BCUT2D eigenvalue weighted by Crippen LogP contribution is -2.51. The highest BCUT2D eigenvalue weighted by molar-refractivity contribution is 5.86. The number of amides is 3. The molecule has 2 aliphatic carbocycles. The highest BCUT2D eigenvalue weighted by atomic mass is 16.5. The van der Waals surface area contributed by atoms with Crippen molar-refractivity contribution in [3.05, 3.63) is 103 Å². The first-order chi connectivity index (χ1) is 28.1. The number of pyridine rings is 1. The summed E-state index contributed by atoms with van der Waals surface area (Å²) >= 11 is 0. The zero-order chi connectivity index (χ0) is 40.5. The van der Waals surface area contributed by atoms with Gasteiger partial charge in [-0.05, 0) is 89.7 Å². The lowest BCUT2D eigenvalue weighted by molar-refractivity contribution is -0.135. The Balaban J connectivity index is 0.928. The molecule has 7 atom stereocenters. The van der Waals surface area contributed by atoms with Crippen molar-refractivity contribution in [1.82, 2.24) is 40.5 Å². The van der Waals surface area contributed by atoms with Crippen LogP contribution in [0.25, 0.3) is 33.6 Å². The number of fused-ring (bicyclic) bond motifs is 2. The number of rotatable bonds is 12. The van der Waals surface area contributed by atoms with Crippen molar-refractivity contribution >= 4 is 17.9 Å². The summed E-state index contributed by atoms with van der Waals surface area (Å²) in [4.78, 5) is 62.4. The Kier molecular flexibility index (Phi) is 11.2. The second-order valence-electron chi connectivity index (χ2n) is 17.0. The maximum atomic E-state index is 14.0.